The molecule has 0 fully saturated rings. The van der Waals surface area contributed by atoms with Crippen molar-refractivity contribution in [2.24, 2.45) is 0 Å². The molecule has 0 aliphatic heterocycles. The molecule has 2 rings (SSSR count). The molecule has 0 aliphatic rings. The van der Waals surface area contributed by atoms with Crippen LogP contribution < -0.4 is 10.0 Å². The molecule has 0 unspecified atom stereocenters. The fraction of sp³-hybridized carbons (Fsp3) is 0.235. The van der Waals surface area contributed by atoms with E-state index in [1.165, 1.54) is 12.1 Å². The predicted octanol–water partition coefficient (Wildman–Crippen LogP) is 3.01. The van der Waals surface area contributed by atoms with Gasteiger partial charge in [-0.25, -0.2) is 21.9 Å². The number of amides is 1. The number of carbonyl (C=O) groups is 1. The van der Waals surface area contributed by atoms with Crippen molar-refractivity contribution in [3.8, 4) is 0 Å². The summed E-state index contributed by atoms with van der Waals surface area (Å²) in [5.41, 5.74) is 0.760. The van der Waals surface area contributed by atoms with Crippen molar-refractivity contribution < 1.29 is 22.0 Å². The first-order chi connectivity index (χ1) is 11.7. The highest BCUT2D eigenvalue weighted by Gasteiger charge is 2.16. The van der Waals surface area contributed by atoms with E-state index in [0.717, 1.165) is 17.7 Å². The fourth-order valence-corrected chi connectivity index (χ4v) is 3.04. The largest absolute Gasteiger partial charge is 0.322 e. The quantitative estimate of drug-likeness (QED) is 0.823. The topological polar surface area (TPSA) is 75.3 Å². The first kappa shape index (κ1) is 19.0. The van der Waals surface area contributed by atoms with Crippen LogP contribution in [0.2, 0.25) is 0 Å². The summed E-state index contributed by atoms with van der Waals surface area (Å²) in [7, 11) is -3.87. The van der Waals surface area contributed by atoms with Gasteiger partial charge in [-0.2, -0.15) is 0 Å². The minimum Gasteiger partial charge on any atom is -0.322 e. The minimum atomic E-state index is -3.87. The van der Waals surface area contributed by atoms with E-state index in [0.29, 0.717) is 6.07 Å². The summed E-state index contributed by atoms with van der Waals surface area (Å²) < 4.78 is 52.7. The second-order valence-corrected chi connectivity index (χ2v) is 7.49. The van der Waals surface area contributed by atoms with Gasteiger partial charge < -0.3 is 5.32 Å². The molecule has 0 saturated carbocycles. The number of anilines is 1. The van der Waals surface area contributed by atoms with Crippen molar-refractivity contribution in [1.29, 1.82) is 0 Å². The predicted molar refractivity (Wildman–Crippen MR) is 90.7 cm³/mol. The Labute approximate surface area is 145 Å². The summed E-state index contributed by atoms with van der Waals surface area (Å²) in [6.45, 7) is 3.40. The normalized spacial score (nSPS) is 11.6. The number of hydrogen-bond donors (Lipinski definition) is 2. The number of hydrogen-bond acceptors (Lipinski definition) is 3. The lowest BCUT2D eigenvalue weighted by Gasteiger charge is -2.10. The second-order valence-electron chi connectivity index (χ2n) is 5.72. The molecule has 1 amide bonds. The summed E-state index contributed by atoms with van der Waals surface area (Å²) in [5.74, 6) is -2.23. The molecular formula is C17H18F2N2O3S. The highest BCUT2D eigenvalue weighted by atomic mass is 32.2. The molecule has 0 spiro atoms. The molecule has 0 bridgehead atoms. The molecule has 0 saturated heterocycles. The zero-order valence-electron chi connectivity index (χ0n) is 13.7. The maximum Gasteiger partial charge on any atom is 0.241 e. The lowest BCUT2D eigenvalue weighted by atomic mass is 10.0. The highest BCUT2D eigenvalue weighted by molar-refractivity contribution is 7.89. The first-order valence-electron chi connectivity index (χ1n) is 7.53. The van der Waals surface area contributed by atoms with Gasteiger partial charge in [0.05, 0.1) is 17.1 Å². The van der Waals surface area contributed by atoms with Crippen LogP contribution in [0.15, 0.2) is 47.4 Å². The molecule has 2 N–H and O–H groups in total. The number of carbonyl (C=O) groups excluding carboxylic acids is 1. The van der Waals surface area contributed by atoms with E-state index in [1.807, 2.05) is 13.8 Å². The lowest BCUT2D eigenvalue weighted by Crippen LogP contribution is -2.33. The molecule has 2 aromatic carbocycles. The Balaban J connectivity index is 2.00. The number of nitrogens with one attached hydrogen (secondary N) is 2. The Hall–Kier alpha value is -2.32. The molecule has 5 nitrogen and oxygen atoms in total. The van der Waals surface area contributed by atoms with Crippen LogP contribution >= 0.6 is 0 Å². The summed E-state index contributed by atoms with van der Waals surface area (Å²) in [5, 5.41) is 2.18. The van der Waals surface area contributed by atoms with Crippen LogP contribution in [-0.2, 0) is 14.8 Å². The summed E-state index contributed by atoms with van der Waals surface area (Å²) in [6.07, 6.45) is 0. The van der Waals surface area contributed by atoms with E-state index in [2.05, 4.69) is 10.0 Å². The van der Waals surface area contributed by atoms with Gasteiger partial charge in [-0.3, -0.25) is 4.79 Å². The van der Waals surface area contributed by atoms with Crippen LogP contribution in [0.25, 0.3) is 0 Å². The molecule has 134 valence electrons. The highest BCUT2D eigenvalue weighted by Crippen LogP contribution is 2.17. The average Bonchev–Trinajstić information content (AvgIpc) is 2.56. The van der Waals surface area contributed by atoms with Gasteiger partial charge in [0, 0.05) is 6.07 Å². The van der Waals surface area contributed by atoms with Crippen LogP contribution in [0.1, 0.15) is 25.3 Å². The van der Waals surface area contributed by atoms with Gasteiger partial charge >= 0.3 is 0 Å². The molecule has 8 heteroatoms. The van der Waals surface area contributed by atoms with E-state index >= 15 is 0 Å². The van der Waals surface area contributed by atoms with E-state index < -0.39 is 34.1 Å². The summed E-state index contributed by atoms with van der Waals surface area (Å²) in [4.78, 5) is 11.8. The molecule has 2 aromatic rings. The van der Waals surface area contributed by atoms with Gasteiger partial charge in [-0.05, 0) is 35.7 Å². The fourth-order valence-electron chi connectivity index (χ4n) is 2.06. The Kier molecular flexibility index (Phi) is 5.86. The third kappa shape index (κ3) is 5.07. The molecule has 0 aliphatic carbocycles. The molecule has 0 aromatic heterocycles. The Bertz CT molecular complexity index is 866. The van der Waals surface area contributed by atoms with Crippen molar-refractivity contribution >= 4 is 21.6 Å². The van der Waals surface area contributed by atoms with Gasteiger partial charge in [-0.15, -0.1) is 0 Å². The van der Waals surface area contributed by atoms with Crippen molar-refractivity contribution in [3.05, 3.63) is 59.7 Å². The van der Waals surface area contributed by atoms with Crippen LogP contribution in [0, 0.1) is 11.6 Å². The lowest BCUT2D eigenvalue weighted by molar-refractivity contribution is -0.115. The number of halogens is 2. The Morgan fingerprint density at radius 3 is 2.28 bits per heavy atom. The van der Waals surface area contributed by atoms with Gasteiger partial charge in [0.15, 0.2) is 0 Å². The SMILES string of the molecule is CC(C)c1ccc(S(=O)(=O)NCC(=O)Nc2ccc(F)cc2F)cc1. The third-order valence-corrected chi connectivity index (χ3v) is 4.90. The molecule has 0 atom stereocenters. The van der Waals surface area contributed by atoms with E-state index in [1.54, 1.807) is 12.1 Å². The number of benzene rings is 2. The van der Waals surface area contributed by atoms with Crippen LogP contribution in [0.4, 0.5) is 14.5 Å². The zero-order chi connectivity index (χ0) is 18.6. The molecule has 0 radical (unpaired) electrons. The number of sulfonamides is 1. The van der Waals surface area contributed by atoms with Crippen LogP contribution in [0.3, 0.4) is 0 Å². The van der Waals surface area contributed by atoms with Crippen LogP contribution in [-0.4, -0.2) is 20.9 Å². The molecule has 0 heterocycles. The number of rotatable bonds is 6. The monoisotopic (exact) mass is 368 g/mol. The minimum absolute atomic E-state index is 0.0256. The van der Waals surface area contributed by atoms with Crippen LogP contribution in [0.5, 0.6) is 0 Å². The average molecular weight is 368 g/mol. The standard InChI is InChI=1S/C17H18F2N2O3S/c1-11(2)12-3-6-14(7-4-12)25(23,24)20-10-17(22)21-16-8-5-13(18)9-15(16)19/h3-9,11,20H,10H2,1-2H3,(H,21,22). The van der Waals surface area contributed by atoms with E-state index in [-0.39, 0.29) is 16.5 Å². The maximum atomic E-state index is 13.5. The summed E-state index contributed by atoms with van der Waals surface area (Å²) >= 11 is 0. The van der Waals surface area contributed by atoms with Crippen molar-refractivity contribution in [2.75, 3.05) is 11.9 Å². The Morgan fingerprint density at radius 1 is 1.08 bits per heavy atom. The van der Waals surface area contributed by atoms with Gasteiger partial charge in [-0.1, -0.05) is 26.0 Å². The first-order valence-corrected chi connectivity index (χ1v) is 9.02. The zero-order valence-corrected chi connectivity index (χ0v) is 14.5. The van der Waals surface area contributed by atoms with Crippen molar-refractivity contribution in [2.45, 2.75) is 24.7 Å². The van der Waals surface area contributed by atoms with Gasteiger partial charge in [0.25, 0.3) is 0 Å². The van der Waals surface area contributed by atoms with E-state index in [4.69, 9.17) is 0 Å². The third-order valence-electron chi connectivity index (χ3n) is 3.49. The summed E-state index contributed by atoms with van der Waals surface area (Å²) in [6, 6.07) is 8.97. The van der Waals surface area contributed by atoms with Crippen molar-refractivity contribution in [1.82, 2.24) is 4.72 Å². The second kappa shape index (κ2) is 7.71. The van der Waals surface area contributed by atoms with Gasteiger partial charge in [0.1, 0.15) is 11.6 Å². The van der Waals surface area contributed by atoms with E-state index in [9.17, 15) is 22.0 Å². The molecular weight excluding hydrogens is 350 g/mol. The van der Waals surface area contributed by atoms with Crippen molar-refractivity contribution in [3.63, 3.8) is 0 Å². The molecule has 25 heavy (non-hydrogen) atoms. The maximum absolute atomic E-state index is 13.5. The van der Waals surface area contributed by atoms with Gasteiger partial charge in [0.2, 0.25) is 15.9 Å². The smallest absolute Gasteiger partial charge is 0.241 e. The Morgan fingerprint density at radius 2 is 1.72 bits per heavy atom.